The van der Waals surface area contributed by atoms with Crippen LogP contribution in [0.5, 0.6) is 0 Å². The summed E-state index contributed by atoms with van der Waals surface area (Å²) in [5, 5.41) is 6.76. The molecule has 0 spiro atoms. The van der Waals surface area contributed by atoms with E-state index in [-0.39, 0.29) is 12.0 Å². The van der Waals surface area contributed by atoms with Gasteiger partial charge in [-0.25, -0.2) is 4.98 Å². The third-order valence-corrected chi connectivity index (χ3v) is 3.01. The minimum atomic E-state index is -0.170. The molecule has 7 nitrogen and oxygen atoms in total. The number of carbonyl (C=O) groups is 1. The number of amides is 1. The molecule has 0 saturated carbocycles. The maximum Gasteiger partial charge on any atom is 0.274 e. The van der Waals surface area contributed by atoms with Crippen LogP contribution in [0, 0.1) is 0 Å². The van der Waals surface area contributed by atoms with Crippen molar-refractivity contribution in [2.75, 3.05) is 19.7 Å². The number of hydrogen-bond donors (Lipinski definition) is 1. The highest BCUT2D eigenvalue weighted by Crippen LogP contribution is 2.20. The lowest BCUT2D eigenvalue weighted by Gasteiger charge is -2.32. The van der Waals surface area contributed by atoms with Gasteiger partial charge in [-0.05, 0) is 6.07 Å². The largest absolute Gasteiger partial charge is 0.368 e. The predicted molar refractivity (Wildman–Crippen MR) is 65.2 cm³/mol. The Morgan fingerprint density at radius 3 is 3.11 bits per heavy atom. The first-order chi connectivity index (χ1) is 9.34. The summed E-state index contributed by atoms with van der Waals surface area (Å²) in [4.78, 5) is 21.9. The van der Waals surface area contributed by atoms with Crippen LogP contribution in [0.25, 0.3) is 0 Å². The molecule has 0 bridgehead atoms. The Morgan fingerprint density at radius 1 is 1.42 bits per heavy atom. The van der Waals surface area contributed by atoms with Crippen molar-refractivity contribution in [1.82, 2.24) is 25.1 Å². The van der Waals surface area contributed by atoms with Gasteiger partial charge in [0.05, 0.1) is 25.0 Å². The van der Waals surface area contributed by atoms with Crippen molar-refractivity contribution in [1.29, 1.82) is 0 Å². The molecule has 1 atom stereocenters. The highest BCUT2D eigenvalue weighted by atomic mass is 16.5. The van der Waals surface area contributed by atoms with E-state index in [0.717, 1.165) is 5.69 Å². The maximum atomic E-state index is 12.3. The molecule has 3 rings (SSSR count). The quantitative estimate of drug-likeness (QED) is 0.844. The van der Waals surface area contributed by atoms with Gasteiger partial charge in [0, 0.05) is 25.1 Å². The van der Waals surface area contributed by atoms with Gasteiger partial charge >= 0.3 is 0 Å². The summed E-state index contributed by atoms with van der Waals surface area (Å²) in [6, 6.07) is 1.85. The maximum absolute atomic E-state index is 12.3. The van der Waals surface area contributed by atoms with Gasteiger partial charge in [0.2, 0.25) is 0 Å². The highest BCUT2D eigenvalue weighted by Gasteiger charge is 2.27. The molecule has 3 heterocycles. The van der Waals surface area contributed by atoms with Crippen LogP contribution in [0.2, 0.25) is 0 Å². The average molecular weight is 259 g/mol. The van der Waals surface area contributed by atoms with Gasteiger partial charge in [0.25, 0.3) is 5.91 Å². The molecule has 1 saturated heterocycles. The number of aromatic nitrogens is 4. The summed E-state index contributed by atoms with van der Waals surface area (Å²) in [5.74, 6) is -0.124. The minimum Gasteiger partial charge on any atom is -0.368 e. The van der Waals surface area contributed by atoms with Gasteiger partial charge in [-0.2, -0.15) is 5.10 Å². The summed E-state index contributed by atoms with van der Waals surface area (Å²) in [5.41, 5.74) is 1.23. The summed E-state index contributed by atoms with van der Waals surface area (Å²) >= 11 is 0. The van der Waals surface area contributed by atoms with Crippen molar-refractivity contribution >= 4 is 5.91 Å². The zero-order valence-electron chi connectivity index (χ0n) is 10.2. The predicted octanol–water partition coefficient (Wildman–Crippen LogP) is 0.413. The fraction of sp³-hybridized carbons (Fsp3) is 0.333. The molecular formula is C12H13N5O2. The molecule has 1 aliphatic rings. The Kier molecular flexibility index (Phi) is 3.20. The first-order valence-electron chi connectivity index (χ1n) is 6.01. The van der Waals surface area contributed by atoms with E-state index in [2.05, 4.69) is 20.2 Å². The lowest BCUT2D eigenvalue weighted by atomic mass is 10.2. The molecule has 0 unspecified atom stereocenters. The van der Waals surface area contributed by atoms with Crippen molar-refractivity contribution < 1.29 is 9.53 Å². The fourth-order valence-corrected chi connectivity index (χ4v) is 2.04. The molecule has 1 amide bonds. The smallest absolute Gasteiger partial charge is 0.274 e. The number of aromatic amines is 1. The Bertz CT molecular complexity index is 543. The van der Waals surface area contributed by atoms with Crippen LogP contribution < -0.4 is 0 Å². The zero-order chi connectivity index (χ0) is 13.1. The van der Waals surface area contributed by atoms with E-state index in [9.17, 15) is 4.79 Å². The van der Waals surface area contributed by atoms with Crippen LogP contribution >= 0.6 is 0 Å². The summed E-state index contributed by atoms with van der Waals surface area (Å²) in [6.07, 6.45) is 6.03. The molecule has 7 heteroatoms. The van der Waals surface area contributed by atoms with Crippen molar-refractivity contribution in [3.8, 4) is 0 Å². The second-order valence-corrected chi connectivity index (χ2v) is 4.21. The van der Waals surface area contributed by atoms with Crippen molar-refractivity contribution in [3.63, 3.8) is 0 Å². The fourth-order valence-electron chi connectivity index (χ4n) is 2.04. The molecule has 1 fully saturated rings. The van der Waals surface area contributed by atoms with Crippen molar-refractivity contribution in [3.05, 3.63) is 42.2 Å². The number of morpholine rings is 1. The Balaban J connectivity index is 1.73. The standard InChI is InChI=1S/C12H13N5O2/c18-12(10-7-13-3-4-14-10)17-5-6-19-11(8-17)9-1-2-15-16-9/h1-4,7,11H,5-6,8H2,(H,15,16)/t11-/m0/s1. The average Bonchev–Trinajstić information content (AvgIpc) is 3.02. The van der Waals surface area contributed by atoms with E-state index < -0.39 is 0 Å². The van der Waals surface area contributed by atoms with Crippen LogP contribution in [0.4, 0.5) is 0 Å². The first kappa shape index (κ1) is 11.8. The minimum absolute atomic E-state index is 0.124. The number of carbonyl (C=O) groups excluding carboxylic acids is 1. The molecule has 1 N–H and O–H groups in total. The third kappa shape index (κ3) is 2.45. The van der Waals surface area contributed by atoms with Gasteiger partial charge in [-0.1, -0.05) is 0 Å². The van der Waals surface area contributed by atoms with E-state index in [1.54, 1.807) is 17.3 Å². The molecular weight excluding hydrogens is 246 g/mol. The lowest BCUT2D eigenvalue weighted by molar-refractivity contribution is -0.0249. The third-order valence-electron chi connectivity index (χ3n) is 3.01. The Labute approximate surface area is 109 Å². The number of ether oxygens (including phenoxy) is 1. The summed E-state index contributed by atoms with van der Waals surface area (Å²) < 4.78 is 5.64. The van der Waals surface area contributed by atoms with Gasteiger partial charge in [-0.15, -0.1) is 0 Å². The van der Waals surface area contributed by atoms with Gasteiger partial charge in [0.15, 0.2) is 0 Å². The topological polar surface area (TPSA) is 84.0 Å². The molecule has 0 radical (unpaired) electrons. The van der Waals surface area contributed by atoms with Crippen LogP contribution in [0.1, 0.15) is 22.3 Å². The summed E-state index contributed by atoms with van der Waals surface area (Å²) in [6.45, 7) is 1.54. The number of rotatable bonds is 2. The van der Waals surface area contributed by atoms with Crippen LogP contribution in [0.3, 0.4) is 0 Å². The molecule has 1 aliphatic heterocycles. The van der Waals surface area contributed by atoms with Crippen molar-refractivity contribution in [2.24, 2.45) is 0 Å². The molecule has 0 aliphatic carbocycles. The molecule has 98 valence electrons. The van der Waals surface area contributed by atoms with E-state index >= 15 is 0 Å². The van der Waals surface area contributed by atoms with Gasteiger partial charge < -0.3 is 9.64 Å². The molecule has 19 heavy (non-hydrogen) atoms. The van der Waals surface area contributed by atoms with E-state index in [1.165, 1.54) is 12.4 Å². The molecule has 0 aromatic carbocycles. The van der Waals surface area contributed by atoms with Gasteiger partial charge in [0.1, 0.15) is 11.8 Å². The number of nitrogens with one attached hydrogen (secondary N) is 1. The van der Waals surface area contributed by atoms with Crippen molar-refractivity contribution in [2.45, 2.75) is 6.10 Å². The monoisotopic (exact) mass is 259 g/mol. The highest BCUT2D eigenvalue weighted by molar-refractivity contribution is 5.92. The second kappa shape index (κ2) is 5.15. The van der Waals surface area contributed by atoms with E-state index in [1.807, 2.05) is 6.07 Å². The number of nitrogens with zero attached hydrogens (tertiary/aromatic N) is 4. The van der Waals surface area contributed by atoms with E-state index in [0.29, 0.717) is 25.4 Å². The molecule has 2 aromatic rings. The Morgan fingerprint density at radius 2 is 2.37 bits per heavy atom. The van der Waals surface area contributed by atoms with Crippen LogP contribution in [-0.4, -0.2) is 50.7 Å². The van der Waals surface area contributed by atoms with Crippen LogP contribution in [-0.2, 0) is 4.74 Å². The molecule has 2 aromatic heterocycles. The SMILES string of the molecule is O=C(c1cnccn1)N1CCO[C@H](c2ccn[nH]2)C1. The van der Waals surface area contributed by atoms with Gasteiger partial charge in [-0.3, -0.25) is 14.9 Å². The second-order valence-electron chi connectivity index (χ2n) is 4.21. The van der Waals surface area contributed by atoms with Crippen LogP contribution in [0.15, 0.2) is 30.9 Å². The first-order valence-corrected chi connectivity index (χ1v) is 6.01. The summed E-state index contributed by atoms with van der Waals surface area (Å²) in [7, 11) is 0. The lowest BCUT2D eigenvalue weighted by Crippen LogP contribution is -2.42. The van der Waals surface area contributed by atoms with E-state index in [4.69, 9.17) is 4.74 Å². The zero-order valence-corrected chi connectivity index (χ0v) is 10.2. The Hall–Kier alpha value is -2.28. The number of hydrogen-bond acceptors (Lipinski definition) is 5. The normalized spacial score (nSPS) is 19.4. The number of H-pyrrole nitrogens is 1.